The molecule has 108 valence electrons. The molecule has 0 atom stereocenters. The maximum absolute atomic E-state index is 5.77. The fourth-order valence-electron chi connectivity index (χ4n) is 2.58. The third-order valence-electron chi connectivity index (χ3n) is 3.59. The molecule has 0 spiro atoms. The second-order valence-corrected chi connectivity index (χ2v) is 5.48. The zero-order valence-corrected chi connectivity index (χ0v) is 12.6. The van der Waals surface area contributed by atoms with E-state index in [2.05, 4.69) is 41.9 Å². The van der Waals surface area contributed by atoms with Crippen LogP contribution in [-0.4, -0.2) is 12.0 Å². The molecule has 0 fully saturated rings. The minimum absolute atomic E-state index is 0.623. The van der Waals surface area contributed by atoms with Gasteiger partial charge in [0.2, 0.25) is 5.89 Å². The number of aromatic nitrogens is 1. The summed E-state index contributed by atoms with van der Waals surface area (Å²) < 4.78 is 5.77. The third kappa shape index (κ3) is 2.70. The van der Waals surface area contributed by atoms with E-state index in [9.17, 15) is 0 Å². The summed E-state index contributed by atoms with van der Waals surface area (Å²) in [6, 6.07) is 12.0. The molecule has 0 unspecified atom stereocenters. The van der Waals surface area contributed by atoms with E-state index in [-0.39, 0.29) is 0 Å². The third-order valence-corrected chi connectivity index (χ3v) is 3.59. The van der Waals surface area contributed by atoms with Crippen molar-refractivity contribution in [3.63, 3.8) is 0 Å². The molecule has 0 bridgehead atoms. The van der Waals surface area contributed by atoms with Crippen molar-refractivity contribution in [1.29, 1.82) is 0 Å². The van der Waals surface area contributed by atoms with Crippen LogP contribution in [0, 0.1) is 13.8 Å². The molecule has 0 saturated carbocycles. The monoisotopic (exact) mass is 281 g/mol. The van der Waals surface area contributed by atoms with Crippen LogP contribution in [0.1, 0.15) is 17.0 Å². The molecule has 0 aliphatic carbocycles. The number of fused-ring (bicyclic) bond motifs is 1. The Balaban J connectivity index is 1.87. The summed E-state index contributed by atoms with van der Waals surface area (Å²) in [7, 11) is 2.04. The molecule has 1 heterocycles. The van der Waals surface area contributed by atoms with Crippen LogP contribution in [0.15, 0.2) is 40.8 Å². The van der Waals surface area contributed by atoms with E-state index in [0.717, 1.165) is 11.1 Å². The molecule has 0 aliphatic rings. The number of hydrogen-bond acceptors (Lipinski definition) is 4. The van der Waals surface area contributed by atoms with E-state index in [4.69, 9.17) is 10.2 Å². The quantitative estimate of drug-likeness (QED) is 0.744. The number of rotatable bonds is 3. The van der Waals surface area contributed by atoms with Crippen LogP contribution in [0.25, 0.3) is 11.1 Å². The Morgan fingerprint density at radius 1 is 1.14 bits per heavy atom. The van der Waals surface area contributed by atoms with Crippen molar-refractivity contribution in [1.82, 2.24) is 4.98 Å². The minimum Gasteiger partial charge on any atom is -0.439 e. The van der Waals surface area contributed by atoms with Gasteiger partial charge < -0.3 is 15.1 Å². The molecule has 0 aliphatic heterocycles. The predicted octanol–water partition coefficient (Wildman–Crippen LogP) is 3.66. The Hall–Kier alpha value is -2.49. The summed E-state index contributed by atoms with van der Waals surface area (Å²) in [5.74, 6) is 0.693. The lowest BCUT2D eigenvalue weighted by atomic mass is 10.1. The van der Waals surface area contributed by atoms with Gasteiger partial charge in [0.25, 0.3) is 0 Å². The largest absolute Gasteiger partial charge is 0.439 e. The molecule has 2 N–H and O–H groups in total. The van der Waals surface area contributed by atoms with Crippen molar-refractivity contribution in [3.05, 3.63) is 53.4 Å². The number of oxazole rings is 1. The minimum atomic E-state index is 0.623. The van der Waals surface area contributed by atoms with Crippen LogP contribution in [0.2, 0.25) is 0 Å². The van der Waals surface area contributed by atoms with E-state index in [1.807, 2.05) is 25.2 Å². The van der Waals surface area contributed by atoms with Crippen LogP contribution in [-0.2, 0) is 6.54 Å². The SMILES string of the molecule is Cc1ccc(N(C)Cc2nc3ccc(N)cc3o2)c(C)c1. The fraction of sp³-hybridized carbons (Fsp3) is 0.235. The van der Waals surface area contributed by atoms with Crippen molar-refractivity contribution in [2.75, 3.05) is 17.7 Å². The Labute approximate surface area is 124 Å². The van der Waals surface area contributed by atoms with Gasteiger partial charge >= 0.3 is 0 Å². The van der Waals surface area contributed by atoms with Crippen LogP contribution in [0.4, 0.5) is 11.4 Å². The van der Waals surface area contributed by atoms with E-state index in [1.165, 1.54) is 16.8 Å². The summed E-state index contributed by atoms with van der Waals surface area (Å²) in [5.41, 5.74) is 11.7. The topological polar surface area (TPSA) is 55.3 Å². The van der Waals surface area contributed by atoms with E-state index in [0.29, 0.717) is 18.1 Å². The highest BCUT2D eigenvalue weighted by atomic mass is 16.3. The van der Waals surface area contributed by atoms with Gasteiger partial charge in [-0.05, 0) is 37.6 Å². The molecule has 3 aromatic rings. The van der Waals surface area contributed by atoms with Gasteiger partial charge in [0.15, 0.2) is 5.58 Å². The Morgan fingerprint density at radius 3 is 2.71 bits per heavy atom. The Bertz CT molecular complexity index is 792. The highest BCUT2D eigenvalue weighted by molar-refractivity contribution is 5.76. The molecular formula is C17H19N3O. The van der Waals surface area contributed by atoms with Crippen molar-refractivity contribution in [3.8, 4) is 0 Å². The van der Waals surface area contributed by atoms with Gasteiger partial charge in [-0.3, -0.25) is 0 Å². The van der Waals surface area contributed by atoms with Crippen LogP contribution >= 0.6 is 0 Å². The lowest BCUT2D eigenvalue weighted by Crippen LogP contribution is -2.17. The van der Waals surface area contributed by atoms with Gasteiger partial charge in [-0.15, -0.1) is 0 Å². The average molecular weight is 281 g/mol. The van der Waals surface area contributed by atoms with E-state index < -0.39 is 0 Å². The fourth-order valence-corrected chi connectivity index (χ4v) is 2.58. The standard InChI is InChI=1S/C17H19N3O/c1-11-4-7-15(12(2)8-11)20(3)10-17-19-14-6-5-13(18)9-16(14)21-17/h4-9H,10,18H2,1-3H3. The van der Waals surface area contributed by atoms with Gasteiger partial charge in [-0.1, -0.05) is 17.7 Å². The second kappa shape index (κ2) is 5.13. The number of nitrogens with zero attached hydrogens (tertiary/aromatic N) is 2. The molecule has 0 saturated heterocycles. The molecule has 2 aromatic carbocycles. The summed E-state index contributed by atoms with van der Waals surface area (Å²) in [6.07, 6.45) is 0. The maximum Gasteiger partial charge on any atom is 0.215 e. The molecule has 0 amide bonds. The van der Waals surface area contributed by atoms with Gasteiger partial charge in [-0.25, -0.2) is 4.98 Å². The van der Waals surface area contributed by atoms with Gasteiger partial charge in [-0.2, -0.15) is 0 Å². The van der Waals surface area contributed by atoms with Gasteiger partial charge in [0.1, 0.15) is 5.52 Å². The van der Waals surface area contributed by atoms with Crippen LogP contribution < -0.4 is 10.6 Å². The smallest absolute Gasteiger partial charge is 0.215 e. The van der Waals surface area contributed by atoms with Crippen molar-refractivity contribution >= 4 is 22.5 Å². The normalized spacial score (nSPS) is 11.0. The van der Waals surface area contributed by atoms with Crippen molar-refractivity contribution < 1.29 is 4.42 Å². The molecule has 4 heteroatoms. The van der Waals surface area contributed by atoms with Crippen LogP contribution in [0.5, 0.6) is 0 Å². The number of anilines is 2. The molecule has 0 radical (unpaired) electrons. The zero-order valence-electron chi connectivity index (χ0n) is 12.6. The number of nitrogen functional groups attached to an aromatic ring is 1. The number of benzene rings is 2. The van der Waals surface area contributed by atoms with E-state index in [1.54, 1.807) is 0 Å². The number of aryl methyl sites for hydroxylation is 2. The first-order valence-electron chi connectivity index (χ1n) is 6.96. The van der Waals surface area contributed by atoms with Crippen LogP contribution in [0.3, 0.4) is 0 Å². The first-order valence-corrected chi connectivity index (χ1v) is 6.96. The van der Waals surface area contributed by atoms with E-state index >= 15 is 0 Å². The highest BCUT2D eigenvalue weighted by Gasteiger charge is 2.11. The molecule has 3 rings (SSSR count). The number of hydrogen-bond donors (Lipinski definition) is 1. The van der Waals surface area contributed by atoms with Gasteiger partial charge in [0, 0.05) is 24.5 Å². The average Bonchev–Trinajstić information content (AvgIpc) is 2.79. The highest BCUT2D eigenvalue weighted by Crippen LogP contribution is 2.23. The second-order valence-electron chi connectivity index (χ2n) is 5.48. The predicted molar refractivity (Wildman–Crippen MR) is 86.4 cm³/mol. The lowest BCUT2D eigenvalue weighted by Gasteiger charge is -2.20. The molecule has 21 heavy (non-hydrogen) atoms. The Morgan fingerprint density at radius 2 is 1.95 bits per heavy atom. The molecular weight excluding hydrogens is 262 g/mol. The molecule has 1 aromatic heterocycles. The lowest BCUT2D eigenvalue weighted by molar-refractivity contribution is 0.527. The van der Waals surface area contributed by atoms with Crippen molar-refractivity contribution in [2.45, 2.75) is 20.4 Å². The Kier molecular flexibility index (Phi) is 3.29. The molecule has 4 nitrogen and oxygen atoms in total. The first-order chi connectivity index (χ1) is 10.0. The summed E-state index contributed by atoms with van der Waals surface area (Å²) in [6.45, 7) is 4.84. The van der Waals surface area contributed by atoms with Gasteiger partial charge in [0.05, 0.1) is 6.54 Å². The maximum atomic E-state index is 5.77. The first kappa shape index (κ1) is 13.5. The summed E-state index contributed by atoms with van der Waals surface area (Å²) in [4.78, 5) is 6.64. The number of nitrogens with two attached hydrogens (primary N) is 1. The summed E-state index contributed by atoms with van der Waals surface area (Å²) in [5, 5.41) is 0. The van der Waals surface area contributed by atoms with Crippen molar-refractivity contribution in [2.24, 2.45) is 0 Å². The zero-order chi connectivity index (χ0) is 15.0. The summed E-state index contributed by atoms with van der Waals surface area (Å²) >= 11 is 0.